The largest absolute Gasteiger partial charge is 0.461 e. The minimum Gasteiger partial charge on any atom is -0.461 e. The third kappa shape index (κ3) is 7.36. The molecule has 0 saturated heterocycles. The number of aliphatic hydroxyl groups excluding tert-OH is 1. The summed E-state index contributed by atoms with van der Waals surface area (Å²) in [5, 5.41) is 9.03. The van der Waals surface area contributed by atoms with E-state index in [2.05, 4.69) is 13.8 Å². The SMILES string of the molecule is CC(C)CCC[C@H](CC(=O)OCc1ccccc1)C(=O)CO. The molecule has 0 fully saturated rings. The summed E-state index contributed by atoms with van der Waals surface area (Å²) >= 11 is 0. The summed E-state index contributed by atoms with van der Waals surface area (Å²) in [6, 6.07) is 9.43. The van der Waals surface area contributed by atoms with Crippen LogP contribution in [0.5, 0.6) is 0 Å². The second-order valence-electron chi connectivity index (χ2n) is 6.00. The van der Waals surface area contributed by atoms with Gasteiger partial charge < -0.3 is 9.84 Å². The maximum atomic E-state index is 11.9. The van der Waals surface area contributed by atoms with E-state index in [-0.39, 0.29) is 24.8 Å². The highest BCUT2D eigenvalue weighted by Crippen LogP contribution is 2.18. The van der Waals surface area contributed by atoms with Crippen molar-refractivity contribution in [2.24, 2.45) is 11.8 Å². The Morgan fingerprint density at radius 1 is 1.14 bits per heavy atom. The van der Waals surface area contributed by atoms with Gasteiger partial charge in [-0.15, -0.1) is 0 Å². The van der Waals surface area contributed by atoms with Crippen LogP contribution in [0.4, 0.5) is 0 Å². The average molecular weight is 306 g/mol. The van der Waals surface area contributed by atoms with Crippen molar-refractivity contribution in [3.63, 3.8) is 0 Å². The predicted molar refractivity (Wildman–Crippen MR) is 85.1 cm³/mol. The van der Waals surface area contributed by atoms with Crippen LogP contribution in [0.25, 0.3) is 0 Å². The molecular formula is C18H26O4. The second-order valence-corrected chi connectivity index (χ2v) is 6.00. The van der Waals surface area contributed by atoms with Gasteiger partial charge in [-0.1, -0.05) is 57.0 Å². The molecule has 0 unspecified atom stereocenters. The van der Waals surface area contributed by atoms with Gasteiger partial charge in [-0.3, -0.25) is 9.59 Å². The van der Waals surface area contributed by atoms with Gasteiger partial charge in [0.05, 0.1) is 6.42 Å². The highest BCUT2D eigenvalue weighted by atomic mass is 16.5. The Morgan fingerprint density at radius 2 is 1.82 bits per heavy atom. The lowest BCUT2D eigenvalue weighted by Gasteiger charge is -2.15. The van der Waals surface area contributed by atoms with E-state index in [1.54, 1.807) is 0 Å². The quantitative estimate of drug-likeness (QED) is 0.675. The predicted octanol–water partition coefficient (Wildman–Crippen LogP) is 3.12. The molecule has 0 amide bonds. The Labute approximate surface area is 132 Å². The molecule has 0 spiro atoms. The Morgan fingerprint density at radius 3 is 2.41 bits per heavy atom. The summed E-state index contributed by atoms with van der Waals surface area (Å²) in [6.07, 6.45) is 2.55. The first-order chi connectivity index (χ1) is 10.5. The maximum absolute atomic E-state index is 11.9. The molecule has 1 aromatic rings. The number of ketones is 1. The van der Waals surface area contributed by atoms with Crippen molar-refractivity contribution in [2.45, 2.75) is 46.1 Å². The Bertz CT molecular complexity index is 453. The first-order valence-corrected chi connectivity index (χ1v) is 7.86. The number of carbonyl (C=O) groups excluding carboxylic acids is 2. The molecule has 0 radical (unpaired) electrons. The van der Waals surface area contributed by atoms with Crippen LogP contribution < -0.4 is 0 Å². The van der Waals surface area contributed by atoms with Crippen LogP contribution in [0.3, 0.4) is 0 Å². The van der Waals surface area contributed by atoms with Crippen molar-refractivity contribution in [3.05, 3.63) is 35.9 Å². The number of ether oxygens (including phenoxy) is 1. The van der Waals surface area contributed by atoms with E-state index in [4.69, 9.17) is 9.84 Å². The van der Waals surface area contributed by atoms with Gasteiger partial charge in [0.2, 0.25) is 0 Å². The maximum Gasteiger partial charge on any atom is 0.306 e. The monoisotopic (exact) mass is 306 g/mol. The van der Waals surface area contributed by atoms with E-state index >= 15 is 0 Å². The van der Waals surface area contributed by atoms with E-state index in [9.17, 15) is 9.59 Å². The third-order valence-corrected chi connectivity index (χ3v) is 3.60. The summed E-state index contributed by atoms with van der Waals surface area (Å²) in [5.74, 6) is -0.539. The zero-order valence-electron chi connectivity index (χ0n) is 13.5. The number of Topliss-reactive ketones (excluding diaryl/α,β-unsaturated/α-hetero) is 1. The van der Waals surface area contributed by atoms with Gasteiger partial charge in [0.15, 0.2) is 5.78 Å². The summed E-state index contributed by atoms with van der Waals surface area (Å²) in [6.45, 7) is 3.94. The van der Waals surface area contributed by atoms with Crippen LogP contribution in [-0.2, 0) is 20.9 Å². The molecule has 4 nitrogen and oxygen atoms in total. The van der Waals surface area contributed by atoms with Crippen molar-refractivity contribution in [1.29, 1.82) is 0 Å². The normalized spacial score (nSPS) is 12.2. The minimum absolute atomic E-state index is 0.0460. The van der Waals surface area contributed by atoms with Crippen molar-refractivity contribution < 1.29 is 19.4 Å². The lowest BCUT2D eigenvalue weighted by atomic mass is 9.92. The number of esters is 1. The molecule has 0 bridgehead atoms. The average Bonchev–Trinajstić information content (AvgIpc) is 2.52. The van der Waals surface area contributed by atoms with Crippen molar-refractivity contribution in [1.82, 2.24) is 0 Å². The molecule has 0 aliphatic carbocycles. The number of hydrogen-bond donors (Lipinski definition) is 1. The van der Waals surface area contributed by atoms with E-state index in [0.29, 0.717) is 12.3 Å². The summed E-state index contributed by atoms with van der Waals surface area (Å²) in [5.41, 5.74) is 0.917. The van der Waals surface area contributed by atoms with Crippen LogP contribution in [0, 0.1) is 11.8 Å². The van der Waals surface area contributed by atoms with Gasteiger partial charge in [0.25, 0.3) is 0 Å². The van der Waals surface area contributed by atoms with Crippen LogP contribution in [0.15, 0.2) is 30.3 Å². The van der Waals surface area contributed by atoms with Crippen LogP contribution >= 0.6 is 0 Å². The van der Waals surface area contributed by atoms with Crippen molar-refractivity contribution in [3.8, 4) is 0 Å². The smallest absolute Gasteiger partial charge is 0.306 e. The molecule has 1 aromatic carbocycles. The topological polar surface area (TPSA) is 63.6 Å². The summed E-state index contributed by atoms with van der Waals surface area (Å²) in [4.78, 5) is 23.6. The fraction of sp³-hybridized carbons (Fsp3) is 0.556. The Hall–Kier alpha value is -1.68. The van der Waals surface area contributed by atoms with E-state index < -0.39 is 12.5 Å². The fourth-order valence-electron chi connectivity index (χ4n) is 2.28. The Kier molecular flexibility index (Phi) is 8.44. The van der Waals surface area contributed by atoms with Gasteiger partial charge in [-0.05, 0) is 17.9 Å². The molecule has 0 aromatic heterocycles. The fourth-order valence-corrected chi connectivity index (χ4v) is 2.28. The lowest BCUT2D eigenvalue weighted by Crippen LogP contribution is -2.22. The molecule has 0 aliphatic heterocycles. The van der Waals surface area contributed by atoms with Gasteiger partial charge in [-0.2, -0.15) is 0 Å². The van der Waals surface area contributed by atoms with E-state index in [1.165, 1.54) is 0 Å². The van der Waals surface area contributed by atoms with E-state index in [0.717, 1.165) is 18.4 Å². The number of aliphatic hydroxyl groups is 1. The zero-order chi connectivity index (χ0) is 16.4. The molecule has 1 N–H and O–H groups in total. The number of rotatable bonds is 10. The van der Waals surface area contributed by atoms with Gasteiger partial charge in [-0.25, -0.2) is 0 Å². The first-order valence-electron chi connectivity index (χ1n) is 7.86. The summed E-state index contributed by atoms with van der Waals surface area (Å²) < 4.78 is 5.21. The molecule has 0 saturated carbocycles. The Balaban J connectivity index is 2.42. The van der Waals surface area contributed by atoms with Gasteiger partial charge in [0.1, 0.15) is 13.2 Å². The number of benzene rings is 1. The third-order valence-electron chi connectivity index (χ3n) is 3.60. The lowest BCUT2D eigenvalue weighted by molar-refractivity contribution is -0.148. The number of carbonyl (C=O) groups is 2. The highest BCUT2D eigenvalue weighted by Gasteiger charge is 2.21. The van der Waals surface area contributed by atoms with Crippen LogP contribution in [-0.4, -0.2) is 23.5 Å². The van der Waals surface area contributed by atoms with E-state index in [1.807, 2.05) is 30.3 Å². The summed E-state index contributed by atoms with van der Waals surface area (Å²) in [7, 11) is 0. The number of hydrogen-bond acceptors (Lipinski definition) is 4. The van der Waals surface area contributed by atoms with Gasteiger partial charge in [0, 0.05) is 5.92 Å². The molecular weight excluding hydrogens is 280 g/mol. The molecule has 4 heteroatoms. The molecule has 1 rings (SSSR count). The molecule has 122 valence electrons. The first kappa shape index (κ1) is 18.4. The second kappa shape index (κ2) is 10.1. The van der Waals surface area contributed by atoms with Crippen LogP contribution in [0.2, 0.25) is 0 Å². The molecule has 0 aliphatic rings. The van der Waals surface area contributed by atoms with Crippen molar-refractivity contribution >= 4 is 11.8 Å². The van der Waals surface area contributed by atoms with Gasteiger partial charge >= 0.3 is 5.97 Å². The molecule has 22 heavy (non-hydrogen) atoms. The highest BCUT2D eigenvalue weighted by molar-refractivity contribution is 5.86. The zero-order valence-corrected chi connectivity index (χ0v) is 13.5. The minimum atomic E-state index is -0.516. The standard InChI is InChI=1S/C18H26O4/c1-14(2)7-6-10-16(17(20)12-19)11-18(21)22-13-15-8-4-3-5-9-15/h3-5,8-9,14,16,19H,6-7,10-13H2,1-2H3/t16-/m1/s1. The van der Waals surface area contributed by atoms with Crippen molar-refractivity contribution in [2.75, 3.05) is 6.61 Å². The molecule has 1 atom stereocenters. The molecule has 0 heterocycles. The van der Waals surface area contributed by atoms with Crippen LogP contribution in [0.1, 0.15) is 45.1 Å².